The van der Waals surface area contributed by atoms with Crippen LogP contribution in [0.4, 0.5) is 4.79 Å². The number of ether oxygens (including phenoxy) is 1. The summed E-state index contributed by atoms with van der Waals surface area (Å²) in [4.78, 5) is 51.3. The van der Waals surface area contributed by atoms with Crippen LogP contribution in [0.5, 0.6) is 0 Å². The highest BCUT2D eigenvalue weighted by molar-refractivity contribution is 5.98. The fourth-order valence-corrected chi connectivity index (χ4v) is 3.39. The predicted molar refractivity (Wildman–Crippen MR) is 105 cm³/mol. The number of carbonyl (C=O) groups is 4. The quantitative estimate of drug-likeness (QED) is 0.597. The molecular weight excluding hydrogens is 374 g/mol. The van der Waals surface area contributed by atoms with E-state index in [2.05, 4.69) is 5.32 Å². The van der Waals surface area contributed by atoms with Gasteiger partial charge in [0, 0.05) is 32.3 Å². The summed E-state index contributed by atoms with van der Waals surface area (Å²) in [5, 5.41) is 2.54. The van der Waals surface area contributed by atoms with Gasteiger partial charge in [0.15, 0.2) is 6.10 Å². The van der Waals surface area contributed by atoms with E-state index in [4.69, 9.17) is 4.74 Å². The van der Waals surface area contributed by atoms with Crippen molar-refractivity contribution in [2.24, 2.45) is 5.92 Å². The Balaban J connectivity index is 1.45. The highest BCUT2D eigenvalue weighted by Crippen LogP contribution is 2.20. The Kier molecular flexibility index (Phi) is 6.64. The van der Waals surface area contributed by atoms with Crippen molar-refractivity contribution in [1.82, 2.24) is 15.1 Å². The second kappa shape index (κ2) is 9.36. The highest BCUT2D eigenvalue weighted by atomic mass is 16.5. The number of hydrogen-bond donors (Lipinski definition) is 1. The maximum Gasteiger partial charge on any atom is 0.324 e. The number of likely N-dealkylation sites (tertiary alicyclic amines) is 1. The number of piperidine rings is 1. The summed E-state index contributed by atoms with van der Waals surface area (Å²) in [6.45, 7) is 3.05. The van der Waals surface area contributed by atoms with Crippen molar-refractivity contribution in [2.45, 2.75) is 25.9 Å². The number of rotatable bonds is 5. The highest BCUT2D eigenvalue weighted by Gasteiger charge is 2.34. The lowest BCUT2D eigenvalue weighted by atomic mass is 9.97. The van der Waals surface area contributed by atoms with Crippen molar-refractivity contribution in [2.75, 3.05) is 26.2 Å². The third-order valence-electron chi connectivity index (χ3n) is 5.12. The van der Waals surface area contributed by atoms with E-state index in [1.807, 2.05) is 30.3 Å². The van der Waals surface area contributed by atoms with Crippen molar-refractivity contribution < 1.29 is 23.9 Å². The molecule has 0 aromatic heterocycles. The van der Waals surface area contributed by atoms with Crippen LogP contribution in [-0.2, 0) is 19.1 Å². The van der Waals surface area contributed by atoms with Gasteiger partial charge < -0.3 is 15.0 Å². The molecule has 1 aromatic rings. The molecule has 29 heavy (non-hydrogen) atoms. The van der Waals surface area contributed by atoms with Crippen LogP contribution in [-0.4, -0.2) is 65.9 Å². The third-order valence-corrected chi connectivity index (χ3v) is 5.12. The average molecular weight is 399 g/mol. The maximum absolute atomic E-state index is 12.4. The summed E-state index contributed by atoms with van der Waals surface area (Å²) in [7, 11) is 0. The van der Waals surface area contributed by atoms with E-state index in [1.54, 1.807) is 11.0 Å². The second-order valence-electron chi connectivity index (χ2n) is 7.14. The number of urea groups is 1. The number of carbonyl (C=O) groups excluding carboxylic acids is 4. The number of esters is 1. The van der Waals surface area contributed by atoms with Crippen LogP contribution in [0.3, 0.4) is 0 Å². The molecule has 0 spiro atoms. The van der Waals surface area contributed by atoms with Gasteiger partial charge in [-0.15, -0.1) is 0 Å². The standard InChI is InChI=1S/C21H25N3O5/c1-15(19(26)24-14-11-22-21(24)28)29-20(27)17-9-12-23(13-10-17)18(25)8-7-16-5-3-2-4-6-16/h2-8,15,17H,9-14H2,1H3,(H,22,28)/b8-7+/t15-/m1/s1. The normalized spacial score (nSPS) is 18.6. The van der Waals surface area contributed by atoms with E-state index in [1.165, 1.54) is 13.0 Å². The lowest BCUT2D eigenvalue weighted by molar-refractivity contribution is -0.162. The van der Waals surface area contributed by atoms with Crippen LogP contribution in [0, 0.1) is 5.92 Å². The zero-order chi connectivity index (χ0) is 20.8. The van der Waals surface area contributed by atoms with Crippen molar-refractivity contribution in [3.05, 3.63) is 42.0 Å². The van der Waals surface area contributed by atoms with Crippen LogP contribution < -0.4 is 5.32 Å². The van der Waals surface area contributed by atoms with Gasteiger partial charge in [-0.1, -0.05) is 30.3 Å². The van der Waals surface area contributed by atoms with Gasteiger partial charge in [0.05, 0.1) is 5.92 Å². The lowest BCUT2D eigenvalue weighted by Gasteiger charge is -2.30. The van der Waals surface area contributed by atoms with Crippen LogP contribution in [0.2, 0.25) is 0 Å². The number of benzene rings is 1. The first-order valence-electron chi connectivity index (χ1n) is 9.77. The Morgan fingerprint density at radius 1 is 1.14 bits per heavy atom. The first kappa shape index (κ1) is 20.6. The Labute approximate surface area is 169 Å². The molecule has 1 aromatic carbocycles. The smallest absolute Gasteiger partial charge is 0.324 e. The minimum absolute atomic E-state index is 0.0933. The monoisotopic (exact) mass is 399 g/mol. The third kappa shape index (κ3) is 5.22. The average Bonchev–Trinajstić information content (AvgIpc) is 3.18. The molecular formula is C21H25N3O5. The van der Waals surface area contributed by atoms with Gasteiger partial charge in [0.25, 0.3) is 5.91 Å². The van der Waals surface area contributed by atoms with E-state index in [-0.39, 0.29) is 18.4 Å². The van der Waals surface area contributed by atoms with Crippen LogP contribution in [0.25, 0.3) is 6.08 Å². The maximum atomic E-state index is 12.4. The lowest BCUT2D eigenvalue weighted by Crippen LogP contribution is -2.44. The van der Waals surface area contributed by atoms with Gasteiger partial charge in [0.1, 0.15) is 0 Å². The molecule has 1 atom stereocenters. The minimum Gasteiger partial charge on any atom is -0.452 e. The zero-order valence-corrected chi connectivity index (χ0v) is 16.4. The molecule has 3 rings (SSSR count). The Hall–Kier alpha value is -3.16. The van der Waals surface area contributed by atoms with E-state index in [0.29, 0.717) is 32.5 Å². The molecule has 2 aliphatic heterocycles. The number of hydrogen-bond acceptors (Lipinski definition) is 5. The van der Waals surface area contributed by atoms with E-state index in [9.17, 15) is 19.2 Å². The number of nitrogens with zero attached hydrogens (tertiary/aromatic N) is 2. The topological polar surface area (TPSA) is 96.0 Å². The molecule has 0 radical (unpaired) electrons. The SMILES string of the molecule is C[C@@H](OC(=O)C1CCN(C(=O)/C=C/c2ccccc2)CC1)C(=O)N1CCNC1=O. The number of imide groups is 1. The fourth-order valence-electron chi connectivity index (χ4n) is 3.39. The van der Waals surface area contributed by atoms with Crippen LogP contribution in [0.15, 0.2) is 36.4 Å². The minimum atomic E-state index is -1.01. The van der Waals surface area contributed by atoms with Crippen LogP contribution >= 0.6 is 0 Å². The molecule has 0 saturated carbocycles. The summed E-state index contributed by atoms with van der Waals surface area (Å²) >= 11 is 0. The van der Waals surface area contributed by atoms with Gasteiger partial charge in [-0.25, -0.2) is 4.79 Å². The second-order valence-corrected chi connectivity index (χ2v) is 7.14. The summed E-state index contributed by atoms with van der Waals surface area (Å²) < 4.78 is 5.29. The van der Waals surface area contributed by atoms with Gasteiger partial charge in [-0.2, -0.15) is 0 Å². The first-order valence-corrected chi connectivity index (χ1v) is 9.77. The van der Waals surface area contributed by atoms with E-state index in [0.717, 1.165) is 10.5 Å². The summed E-state index contributed by atoms with van der Waals surface area (Å²) in [6.07, 6.45) is 3.25. The van der Waals surface area contributed by atoms with Crippen LogP contribution in [0.1, 0.15) is 25.3 Å². The molecule has 8 heteroatoms. The molecule has 1 N–H and O–H groups in total. The summed E-state index contributed by atoms with van der Waals surface area (Å²) in [5.74, 6) is -1.44. The summed E-state index contributed by atoms with van der Waals surface area (Å²) in [5.41, 5.74) is 0.949. The molecule has 8 nitrogen and oxygen atoms in total. The Bertz CT molecular complexity index is 800. The number of amides is 4. The molecule has 4 amide bonds. The predicted octanol–water partition coefficient (Wildman–Crippen LogP) is 1.42. The Morgan fingerprint density at radius 2 is 1.83 bits per heavy atom. The summed E-state index contributed by atoms with van der Waals surface area (Å²) in [6, 6.07) is 9.10. The Morgan fingerprint density at radius 3 is 2.45 bits per heavy atom. The molecule has 2 heterocycles. The van der Waals surface area contributed by atoms with Gasteiger partial charge in [-0.05, 0) is 31.4 Å². The molecule has 2 saturated heterocycles. The molecule has 0 unspecified atom stereocenters. The molecule has 2 aliphatic rings. The van der Waals surface area contributed by atoms with Gasteiger partial charge >= 0.3 is 12.0 Å². The first-order chi connectivity index (χ1) is 14.0. The fraction of sp³-hybridized carbons (Fsp3) is 0.429. The van der Waals surface area contributed by atoms with Crippen molar-refractivity contribution in [1.29, 1.82) is 0 Å². The zero-order valence-electron chi connectivity index (χ0n) is 16.4. The van der Waals surface area contributed by atoms with Crippen molar-refractivity contribution >= 4 is 29.9 Å². The van der Waals surface area contributed by atoms with E-state index >= 15 is 0 Å². The van der Waals surface area contributed by atoms with E-state index < -0.39 is 24.0 Å². The largest absolute Gasteiger partial charge is 0.452 e. The van der Waals surface area contributed by atoms with Gasteiger partial charge in [-0.3, -0.25) is 19.3 Å². The van der Waals surface area contributed by atoms with Crippen molar-refractivity contribution in [3.63, 3.8) is 0 Å². The molecule has 0 bridgehead atoms. The molecule has 2 fully saturated rings. The molecule has 154 valence electrons. The molecule has 0 aliphatic carbocycles. The van der Waals surface area contributed by atoms with Gasteiger partial charge in [0.2, 0.25) is 5.91 Å². The number of nitrogens with one attached hydrogen (secondary N) is 1. The van der Waals surface area contributed by atoms with Crippen molar-refractivity contribution in [3.8, 4) is 0 Å².